The van der Waals surface area contributed by atoms with Gasteiger partial charge in [-0.3, -0.25) is 9.59 Å². The third-order valence-corrected chi connectivity index (χ3v) is 5.95. The molecule has 2 amide bonds. The third-order valence-electron chi connectivity index (χ3n) is 5.75. The van der Waals surface area contributed by atoms with Gasteiger partial charge in [0.1, 0.15) is 11.9 Å². The molecule has 1 aliphatic carbocycles. The van der Waals surface area contributed by atoms with Crippen molar-refractivity contribution in [2.24, 2.45) is 5.92 Å². The number of methoxy groups -OCH3 is 1. The number of nitrogens with one attached hydrogen (secondary N) is 1. The van der Waals surface area contributed by atoms with Crippen LogP contribution in [-0.4, -0.2) is 47.6 Å². The van der Waals surface area contributed by atoms with E-state index in [1.54, 1.807) is 12.0 Å². The van der Waals surface area contributed by atoms with Gasteiger partial charge in [-0.2, -0.15) is 0 Å². The van der Waals surface area contributed by atoms with E-state index in [0.717, 1.165) is 31.4 Å². The van der Waals surface area contributed by atoms with E-state index in [2.05, 4.69) is 15.3 Å². The highest BCUT2D eigenvalue weighted by molar-refractivity contribution is 6.30. The van der Waals surface area contributed by atoms with Crippen LogP contribution in [0.3, 0.4) is 0 Å². The molecule has 1 saturated heterocycles. The van der Waals surface area contributed by atoms with Gasteiger partial charge in [-0.15, -0.1) is 0 Å². The lowest BCUT2D eigenvalue weighted by atomic mass is 9.92. The molecule has 31 heavy (non-hydrogen) atoms. The molecule has 1 aromatic carbocycles. The second-order valence-corrected chi connectivity index (χ2v) is 8.33. The van der Waals surface area contributed by atoms with Gasteiger partial charge in [-0.05, 0) is 37.8 Å². The normalized spacial score (nSPS) is 23.5. The molecule has 2 aliphatic rings. The Morgan fingerprint density at radius 3 is 2.65 bits per heavy atom. The zero-order valence-corrected chi connectivity index (χ0v) is 18.0. The van der Waals surface area contributed by atoms with E-state index >= 15 is 0 Å². The van der Waals surface area contributed by atoms with E-state index in [4.69, 9.17) is 21.1 Å². The fourth-order valence-electron chi connectivity index (χ4n) is 4.07. The summed E-state index contributed by atoms with van der Waals surface area (Å²) in [4.78, 5) is 35.1. The first-order valence-corrected chi connectivity index (χ1v) is 10.8. The molecule has 0 radical (unpaired) electrons. The van der Waals surface area contributed by atoms with Gasteiger partial charge in [-0.25, -0.2) is 9.97 Å². The zero-order valence-electron chi connectivity index (χ0n) is 17.3. The fraction of sp³-hybridized carbons (Fsp3) is 0.455. The van der Waals surface area contributed by atoms with Gasteiger partial charge in [0.25, 0.3) is 0 Å². The average molecular weight is 445 g/mol. The van der Waals surface area contributed by atoms with Gasteiger partial charge in [-0.1, -0.05) is 17.7 Å². The largest absolute Gasteiger partial charge is 0.497 e. The smallest absolute Gasteiger partial charge is 0.316 e. The molecule has 0 spiro atoms. The van der Waals surface area contributed by atoms with Crippen molar-refractivity contribution >= 4 is 29.1 Å². The molecule has 4 rings (SSSR count). The first kappa shape index (κ1) is 21.4. The maximum atomic E-state index is 12.8. The molecule has 2 heterocycles. The Bertz CT molecular complexity index is 931. The van der Waals surface area contributed by atoms with Gasteiger partial charge >= 0.3 is 6.01 Å². The molecule has 1 unspecified atom stereocenters. The number of hydrogen-bond donors (Lipinski definition) is 1. The van der Waals surface area contributed by atoms with Gasteiger partial charge in [0.05, 0.1) is 30.4 Å². The minimum absolute atomic E-state index is 0.0194. The van der Waals surface area contributed by atoms with Crippen molar-refractivity contribution in [2.75, 3.05) is 18.6 Å². The predicted molar refractivity (Wildman–Crippen MR) is 115 cm³/mol. The number of carbonyl (C=O) groups is 2. The van der Waals surface area contributed by atoms with Crippen LogP contribution in [0.25, 0.3) is 0 Å². The molecule has 1 N–H and O–H groups in total. The molecule has 1 aromatic heterocycles. The molecule has 2 fully saturated rings. The summed E-state index contributed by atoms with van der Waals surface area (Å²) >= 11 is 5.79. The number of rotatable bonds is 6. The summed E-state index contributed by atoms with van der Waals surface area (Å²) in [7, 11) is 1.59. The summed E-state index contributed by atoms with van der Waals surface area (Å²) in [6, 6.07) is 7.73. The Morgan fingerprint density at radius 1 is 1.19 bits per heavy atom. The minimum atomic E-state index is -0.352. The molecular formula is C22H25ClN4O4. The van der Waals surface area contributed by atoms with Crippen molar-refractivity contribution in [3.05, 3.63) is 41.7 Å². The van der Waals surface area contributed by atoms with Gasteiger partial charge in [0, 0.05) is 30.8 Å². The summed E-state index contributed by atoms with van der Waals surface area (Å²) in [5.41, 5.74) is 0.752. The SMILES string of the molecule is COc1cccc(N2CC(C(=O)NC3CCC(Oc4ncc(Cl)cn4)CC3)CC2=O)c1. The maximum absolute atomic E-state index is 12.8. The van der Waals surface area contributed by atoms with Gasteiger partial charge < -0.3 is 19.7 Å². The molecule has 164 valence electrons. The summed E-state index contributed by atoms with van der Waals surface area (Å²) in [6.45, 7) is 0.379. The number of benzene rings is 1. The summed E-state index contributed by atoms with van der Waals surface area (Å²) < 4.78 is 11.0. The second-order valence-electron chi connectivity index (χ2n) is 7.89. The van der Waals surface area contributed by atoms with Crippen molar-refractivity contribution < 1.29 is 19.1 Å². The Balaban J connectivity index is 1.26. The number of aromatic nitrogens is 2. The number of amides is 2. The number of anilines is 1. The summed E-state index contributed by atoms with van der Waals surface area (Å²) in [5, 5.41) is 3.59. The van der Waals surface area contributed by atoms with Crippen molar-refractivity contribution in [3.63, 3.8) is 0 Å². The molecule has 1 atom stereocenters. The number of hydrogen-bond acceptors (Lipinski definition) is 6. The highest BCUT2D eigenvalue weighted by Crippen LogP contribution is 2.29. The van der Waals surface area contributed by atoms with Crippen molar-refractivity contribution in [1.29, 1.82) is 0 Å². The first-order valence-electron chi connectivity index (χ1n) is 10.4. The van der Waals surface area contributed by atoms with Crippen molar-refractivity contribution in [2.45, 2.75) is 44.2 Å². The van der Waals surface area contributed by atoms with Crippen LogP contribution in [0, 0.1) is 5.92 Å². The molecular weight excluding hydrogens is 420 g/mol. The summed E-state index contributed by atoms with van der Waals surface area (Å²) in [6.07, 6.45) is 6.48. The number of ether oxygens (including phenoxy) is 2. The Labute approximate surface area is 185 Å². The third kappa shape index (κ3) is 5.25. The minimum Gasteiger partial charge on any atom is -0.497 e. The lowest BCUT2D eigenvalue weighted by Crippen LogP contribution is -2.43. The van der Waals surface area contributed by atoms with Crippen LogP contribution in [-0.2, 0) is 9.59 Å². The molecule has 2 aromatic rings. The monoisotopic (exact) mass is 444 g/mol. The van der Waals surface area contributed by atoms with Crippen LogP contribution in [0.1, 0.15) is 32.1 Å². The standard InChI is InChI=1S/C22H25ClN4O4/c1-30-19-4-2-3-17(10-19)27-13-14(9-20(27)28)21(29)26-16-5-7-18(8-6-16)31-22-24-11-15(23)12-25-22/h2-4,10-12,14,16,18H,5-9,13H2,1H3,(H,26,29). The van der Waals surface area contributed by atoms with E-state index in [9.17, 15) is 9.59 Å². The van der Waals surface area contributed by atoms with Crippen LogP contribution in [0.15, 0.2) is 36.7 Å². The quantitative estimate of drug-likeness (QED) is 0.736. The first-order chi connectivity index (χ1) is 15.0. The summed E-state index contributed by atoms with van der Waals surface area (Å²) in [5.74, 6) is 0.217. The van der Waals surface area contributed by atoms with Crippen LogP contribution < -0.4 is 19.7 Å². The average Bonchev–Trinajstić information content (AvgIpc) is 3.18. The van der Waals surface area contributed by atoms with Crippen LogP contribution in [0.4, 0.5) is 5.69 Å². The van der Waals surface area contributed by atoms with E-state index in [1.165, 1.54) is 12.4 Å². The van der Waals surface area contributed by atoms with E-state index in [-0.39, 0.29) is 36.3 Å². The van der Waals surface area contributed by atoms with Crippen LogP contribution in [0.5, 0.6) is 11.8 Å². The topological polar surface area (TPSA) is 93.7 Å². The van der Waals surface area contributed by atoms with Crippen LogP contribution in [0.2, 0.25) is 5.02 Å². The highest BCUT2D eigenvalue weighted by Gasteiger charge is 2.36. The number of carbonyl (C=O) groups excluding carboxylic acids is 2. The molecule has 9 heteroatoms. The fourth-order valence-corrected chi connectivity index (χ4v) is 4.16. The van der Waals surface area contributed by atoms with E-state index < -0.39 is 0 Å². The number of nitrogens with zero attached hydrogens (tertiary/aromatic N) is 3. The zero-order chi connectivity index (χ0) is 21.8. The highest BCUT2D eigenvalue weighted by atomic mass is 35.5. The molecule has 1 aliphatic heterocycles. The Kier molecular flexibility index (Phi) is 6.56. The Hall–Kier alpha value is -2.87. The van der Waals surface area contributed by atoms with Crippen molar-refractivity contribution in [1.82, 2.24) is 15.3 Å². The lowest BCUT2D eigenvalue weighted by molar-refractivity contribution is -0.127. The maximum Gasteiger partial charge on any atom is 0.316 e. The van der Waals surface area contributed by atoms with E-state index in [0.29, 0.717) is 23.3 Å². The van der Waals surface area contributed by atoms with Gasteiger partial charge in [0.15, 0.2) is 0 Å². The molecule has 8 nitrogen and oxygen atoms in total. The van der Waals surface area contributed by atoms with Gasteiger partial charge in [0.2, 0.25) is 11.8 Å². The van der Waals surface area contributed by atoms with Crippen molar-refractivity contribution in [3.8, 4) is 11.8 Å². The van der Waals surface area contributed by atoms with E-state index in [1.807, 2.05) is 24.3 Å². The Morgan fingerprint density at radius 2 is 1.94 bits per heavy atom. The van der Waals surface area contributed by atoms with Crippen LogP contribution >= 0.6 is 11.6 Å². The lowest BCUT2D eigenvalue weighted by Gasteiger charge is -2.29. The second kappa shape index (κ2) is 9.51. The molecule has 0 bridgehead atoms. The number of halogens is 1. The predicted octanol–water partition coefficient (Wildman–Crippen LogP) is 3.00. The molecule has 1 saturated carbocycles.